The van der Waals surface area contributed by atoms with Crippen molar-refractivity contribution in [3.8, 4) is 0 Å². The monoisotopic (exact) mass is 343 g/mol. The minimum Gasteiger partial charge on any atom is -0.343 e. The third-order valence-electron chi connectivity index (χ3n) is 3.29. The van der Waals surface area contributed by atoms with Crippen LogP contribution >= 0.6 is 11.3 Å². The van der Waals surface area contributed by atoms with E-state index in [2.05, 4.69) is 15.3 Å². The zero-order valence-electron chi connectivity index (χ0n) is 12.9. The summed E-state index contributed by atoms with van der Waals surface area (Å²) in [6, 6.07) is 2.81. The summed E-state index contributed by atoms with van der Waals surface area (Å²) in [6.45, 7) is 5.31. The average molecular weight is 343 g/mol. The molecule has 1 N–H and O–H groups in total. The number of hydrogen-bond acceptors (Lipinski definition) is 4. The van der Waals surface area contributed by atoms with E-state index in [1.165, 1.54) is 0 Å². The van der Waals surface area contributed by atoms with Crippen LogP contribution in [-0.4, -0.2) is 15.9 Å². The molecule has 0 bridgehead atoms. The fourth-order valence-corrected chi connectivity index (χ4v) is 3.04. The maximum absolute atomic E-state index is 12.6. The molecule has 0 aliphatic heterocycles. The smallest absolute Gasteiger partial charge is 0.343 e. The first kappa shape index (κ1) is 17.4. The molecule has 2 aromatic heterocycles. The number of pyridine rings is 1. The van der Waals surface area contributed by atoms with Crippen molar-refractivity contribution in [2.24, 2.45) is 0 Å². The summed E-state index contributed by atoms with van der Waals surface area (Å²) >= 11 is 0.891. The second kappa shape index (κ2) is 6.66. The van der Waals surface area contributed by atoms with Gasteiger partial charge in [0.15, 0.2) is 5.69 Å². The molecule has 2 heterocycles. The van der Waals surface area contributed by atoms with Crippen LogP contribution in [0.25, 0.3) is 0 Å². The van der Waals surface area contributed by atoms with Gasteiger partial charge in [-0.3, -0.25) is 9.78 Å². The van der Waals surface area contributed by atoms with Gasteiger partial charge in [-0.1, -0.05) is 6.92 Å². The van der Waals surface area contributed by atoms with Crippen LogP contribution in [-0.2, 0) is 6.18 Å². The molecule has 0 saturated heterocycles. The predicted octanol–water partition coefficient (Wildman–Crippen LogP) is 4.05. The highest BCUT2D eigenvalue weighted by atomic mass is 32.1. The van der Waals surface area contributed by atoms with E-state index in [1.54, 1.807) is 26.0 Å². The number of nitrogens with one attached hydrogen (secondary N) is 1. The molecule has 0 aliphatic carbocycles. The van der Waals surface area contributed by atoms with Crippen LogP contribution in [0.4, 0.5) is 13.2 Å². The Kier molecular flexibility index (Phi) is 5.03. The fourth-order valence-electron chi connectivity index (χ4n) is 2.08. The van der Waals surface area contributed by atoms with Crippen molar-refractivity contribution in [3.63, 3.8) is 0 Å². The minimum absolute atomic E-state index is 0.242. The summed E-state index contributed by atoms with van der Waals surface area (Å²) in [7, 11) is 0. The van der Waals surface area contributed by atoms with E-state index >= 15 is 0 Å². The predicted molar refractivity (Wildman–Crippen MR) is 81.3 cm³/mol. The van der Waals surface area contributed by atoms with Gasteiger partial charge in [-0.2, -0.15) is 13.2 Å². The largest absolute Gasteiger partial charge is 0.434 e. The van der Waals surface area contributed by atoms with E-state index in [4.69, 9.17) is 0 Å². The summed E-state index contributed by atoms with van der Waals surface area (Å²) in [5, 5.41) is 3.93. The normalized spacial score (nSPS) is 13.0. The SMILES string of the molecule is CC[C@H](NC(=O)c1ccc(C)nc1C)c1nc(C(F)(F)F)cs1. The lowest BCUT2D eigenvalue weighted by atomic mass is 10.1. The molecule has 1 atom stereocenters. The molecule has 23 heavy (non-hydrogen) atoms. The second-order valence-corrected chi connectivity index (χ2v) is 5.98. The van der Waals surface area contributed by atoms with Gasteiger partial charge in [0, 0.05) is 11.1 Å². The maximum atomic E-state index is 12.6. The van der Waals surface area contributed by atoms with E-state index in [0.717, 1.165) is 22.4 Å². The Morgan fingerprint density at radius 2 is 2.00 bits per heavy atom. The maximum Gasteiger partial charge on any atom is 0.434 e. The molecule has 124 valence electrons. The lowest BCUT2D eigenvalue weighted by molar-refractivity contribution is -0.140. The second-order valence-electron chi connectivity index (χ2n) is 5.09. The third-order valence-corrected chi connectivity index (χ3v) is 4.25. The van der Waals surface area contributed by atoms with E-state index in [9.17, 15) is 18.0 Å². The van der Waals surface area contributed by atoms with E-state index < -0.39 is 17.9 Å². The van der Waals surface area contributed by atoms with Gasteiger partial charge >= 0.3 is 6.18 Å². The molecule has 2 rings (SSSR count). The van der Waals surface area contributed by atoms with Gasteiger partial charge in [-0.15, -0.1) is 11.3 Å². The number of amides is 1. The first-order valence-corrected chi connectivity index (χ1v) is 7.88. The quantitative estimate of drug-likeness (QED) is 0.911. The van der Waals surface area contributed by atoms with Crippen molar-refractivity contribution < 1.29 is 18.0 Å². The standard InChI is InChI=1S/C15H16F3N3OS/c1-4-11(14-21-12(7-23-14)15(16,17)18)20-13(22)10-6-5-8(2)19-9(10)3/h5-7,11H,4H2,1-3H3,(H,20,22)/t11-/m0/s1. The lowest BCUT2D eigenvalue weighted by Crippen LogP contribution is -2.29. The molecule has 8 heteroatoms. The number of aryl methyl sites for hydroxylation is 2. The van der Waals surface area contributed by atoms with Crippen LogP contribution in [0.2, 0.25) is 0 Å². The summed E-state index contributed by atoms with van der Waals surface area (Å²) in [5.74, 6) is -0.370. The number of hydrogen-bond donors (Lipinski definition) is 1. The molecule has 0 unspecified atom stereocenters. The Labute approximate surface area is 135 Å². The average Bonchev–Trinajstić information content (AvgIpc) is 2.94. The Balaban J connectivity index is 2.19. The Hall–Kier alpha value is -1.96. The van der Waals surface area contributed by atoms with Crippen molar-refractivity contribution in [1.82, 2.24) is 15.3 Å². The van der Waals surface area contributed by atoms with Crippen LogP contribution in [0.5, 0.6) is 0 Å². The van der Waals surface area contributed by atoms with Crippen LogP contribution in [0.1, 0.15) is 51.8 Å². The molecule has 0 fully saturated rings. The highest BCUT2D eigenvalue weighted by Gasteiger charge is 2.34. The highest BCUT2D eigenvalue weighted by Crippen LogP contribution is 2.32. The Morgan fingerprint density at radius 1 is 1.30 bits per heavy atom. The fraction of sp³-hybridized carbons (Fsp3) is 0.400. The summed E-state index contributed by atoms with van der Waals surface area (Å²) in [5.41, 5.74) is 0.841. The van der Waals surface area contributed by atoms with Gasteiger partial charge in [0.25, 0.3) is 5.91 Å². The summed E-state index contributed by atoms with van der Waals surface area (Å²) in [4.78, 5) is 20.1. The molecule has 2 aromatic rings. The number of aromatic nitrogens is 2. The van der Waals surface area contributed by atoms with Gasteiger partial charge in [-0.05, 0) is 32.4 Å². The van der Waals surface area contributed by atoms with Crippen LogP contribution < -0.4 is 5.32 Å². The highest BCUT2D eigenvalue weighted by molar-refractivity contribution is 7.09. The van der Waals surface area contributed by atoms with E-state index in [-0.39, 0.29) is 10.9 Å². The zero-order valence-corrected chi connectivity index (χ0v) is 13.7. The van der Waals surface area contributed by atoms with Gasteiger partial charge < -0.3 is 5.32 Å². The van der Waals surface area contributed by atoms with Crippen molar-refractivity contribution in [2.75, 3.05) is 0 Å². The van der Waals surface area contributed by atoms with Gasteiger partial charge in [0.05, 0.1) is 17.3 Å². The number of nitrogens with zero attached hydrogens (tertiary/aromatic N) is 2. The molecule has 0 spiro atoms. The molecular weight excluding hydrogens is 327 g/mol. The first-order valence-electron chi connectivity index (χ1n) is 7.00. The van der Waals surface area contributed by atoms with Crippen LogP contribution in [0.15, 0.2) is 17.5 Å². The van der Waals surface area contributed by atoms with Crippen LogP contribution in [0, 0.1) is 13.8 Å². The minimum atomic E-state index is -4.48. The van der Waals surface area contributed by atoms with Crippen molar-refractivity contribution in [2.45, 2.75) is 39.4 Å². The number of rotatable bonds is 4. The van der Waals surface area contributed by atoms with E-state index in [0.29, 0.717) is 17.7 Å². The number of alkyl halides is 3. The lowest BCUT2D eigenvalue weighted by Gasteiger charge is -2.15. The third kappa shape index (κ3) is 4.07. The molecule has 0 aliphatic rings. The van der Waals surface area contributed by atoms with Crippen molar-refractivity contribution in [3.05, 3.63) is 45.2 Å². The summed E-state index contributed by atoms with van der Waals surface area (Å²) < 4.78 is 37.9. The van der Waals surface area contributed by atoms with Gasteiger partial charge in [0.1, 0.15) is 5.01 Å². The van der Waals surface area contributed by atoms with E-state index in [1.807, 2.05) is 6.92 Å². The molecular formula is C15H16F3N3OS. The number of carbonyl (C=O) groups excluding carboxylic acids is 1. The molecule has 0 aromatic carbocycles. The number of carbonyl (C=O) groups is 1. The number of halogens is 3. The summed E-state index contributed by atoms with van der Waals surface area (Å²) in [6.07, 6.45) is -4.04. The molecule has 0 radical (unpaired) electrons. The van der Waals surface area contributed by atoms with Crippen LogP contribution in [0.3, 0.4) is 0 Å². The Bertz CT molecular complexity index is 712. The number of thiazole rings is 1. The Morgan fingerprint density at radius 3 is 2.52 bits per heavy atom. The van der Waals surface area contributed by atoms with Gasteiger partial charge in [0.2, 0.25) is 0 Å². The molecule has 0 saturated carbocycles. The van der Waals surface area contributed by atoms with Crippen molar-refractivity contribution >= 4 is 17.2 Å². The first-order chi connectivity index (χ1) is 10.7. The molecule has 4 nitrogen and oxygen atoms in total. The van der Waals surface area contributed by atoms with Gasteiger partial charge in [-0.25, -0.2) is 4.98 Å². The zero-order chi connectivity index (χ0) is 17.2. The topological polar surface area (TPSA) is 54.9 Å². The van der Waals surface area contributed by atoms with Crippen molar-refractivity contribution in [1.29, 1.82) is 0 Å². The molecule has 1 amide bonds.